The fourth-order valence-corrected chi connectivity index (χ4v) is 1.17. The van der Waals surface area contributed by atoms with Gasteiger partial charge in [-0.15, -0.1) is 0 Å². The fraction of sp³-hybridized carbons (Fsp3) is 0.200. The van der Waals surface area contributed by atoms with Crippen molar-refractivity contribution in [3.63, 3.8) is 0 Å². The van der Waals surface area contributed by atoms with Crippen LogP contribution in [0.2, 0.25) is 0 Å². The maximum absolute atomic E-state index is 11.5. The highest BCUT2D eigenvalue weighted by atomic mass is 16.6. The Morgan fingerprint density at radius 3 is 2.73 bits per heavy atom. The molecule has 0 aromatic heterocycles. The van der Waals surface area contributed by atoms with Gasteiger partial charge in [-0.1, -0.05) is 12.1 Å². The van der Waals surface area contributed by atoms with Gasteiger partial charge in [-0.05, 0) is 6.07 Å². The lowest BCUT2D eigenvalue weighted by molar-refractivity contribution is -0.385. The van der Waals surface area contributed by atoms with Gasteiger partial charge in [-0.25, -0.2) is 0 Å². The van der Waals surface area contributed by atoms with Crippen molar-refractivity contribution in [2.24, 2.45) is 0 Å². The Labute approximate surface area is 86.1 Å². The number of carbonyl (C=O) groups excluding carboxylic acids is 1. The topological polar surface area (TPSA) is 84.0 Å². The van der Waals surface area contributed by atoms with Gasteiger partial charge in [0.2, 0.25) is 0 Å². The van der Waals surface area contributed by atoms with Crippen LogP contribution in [0.1, 0.15) is 23.2 Å². The molecule has 0 bridgehead atoms. The molecule has 0 saturated heterocycles. The van der Waals surface area contributed by atoms with Crippen molar-refractivity contribution < 1.29 is 9.72 Å². The lowest BCUT2D eigenvalue weighted by atomic mass is 10.1. The second-order valence-electron chi connectivity index (χ2n) is 2.86. The number of benzene rings is 1. The molecule has 0 spiro atoms. The van der Waals surface area contributed by atoms with Crippen molar-refractivity contribution in [1.82, 2.24) is 0 Å². The summed E-state index contributed by atoms with van der Waals surface area (Å²) < 4.78 is 0. The van der Waals surface area contributed by atoms with Crippen molar-refractivity contribution >= 4 is 11.5 Å². The zero-order valence-electron chi connectivity index (χ0n) is 7.84. The average Bonchev–Trinajstić information content (AvgIpc) is 2.25. The lowest BCUT2D eigenvalue weighted by Crippen LogP contribution is -2.03. The van der Waals surface area contributed by atoms with E-state index in [1.54, 1.807) is 6.07 Å². The van der Waals surface area contributed by atoms with E-state index in [1.807, 2.05) is 6.07 Å². The van der Waals surface area contributed by atoms with Gasteiger partial charge in [0.1, 0.15) is 0 Å². The maximum atomic E-state index is 11.5. The number of carbonyl (C=O) groups is 1. The van der Waals surface area contributed by atoms with Crippen LogP contribution >= 0.6 is 0 Å². The molecule has 0 fully saturated rings. The smallest absolute Gasteiger partial charge is 0.280 e. The minimum absolute atomic E-state index is 0.0152. The van der Waals surface area contributed by atoms with Gasteiger partial charge in [0.25, 0.3) is 5.69 Å². The normalized spacial score (nSPS) is 9.27. The Bertz CT molecular complexity index is 435. The summed E-state index contributed by atoms with van der Waals surface area (Å²) >= 11 is 0. The predicted molar refractivity (Wildman–Crippen MR) is 52.3 cm³/mol. The molecule has 0 heterocycles. The van der Waals surface area contributed by atoms with Crippen LogP contribution in [-0.4, -0.2) is 10.7 Å². The molecule has 0 amide bonds. The summed E-state index contributed by atoms with van der Waals surface area (Å²) in [5.41, 5.74) is -0.141. The van der Waals surface area contributed by atoms with Crippen LogP contribution in [0.15, 0.2) is 24.3 Å². The highest BCUT2D eigenvalue weighted by Gasteiger charge is 2.18. The Kier molecular flexibility index (Phi) is 3.52. The number of ketones is 1. The molecule has 0 unspecified atom stereocenters. The van der Waals surface area contributed by atoms with Crippen LogP contribution < -0.4 is 0 Å². The molecule has 15 heavy (non-hydrogen) atoms. The second-order valence-corrected chi connectivity index (χ2v) is 2.86. The van der Waals surface area contributed by atoms with E-state index in [-0.39, 0.29) is 29.9 Å². The zero-order chi connectivity index (χ0) is 11.3. The minimum Gasteiger partial charge on any atom is -0.294 e. The summed E-state index contributed by atoms with van der Waals surface area (Å²) in [6.07, 6.45) is 0.0895. The van der Waals surface area contributed by atoms with Crippen molar-refractivity contribution in [2.45, 2.75) is 12.8 Å². The number of Topliss-reactive ketones (excluding diaryl/α,β-unsaturated/α-hetero) is 1. The second kappa shape index (κ2) is 4.86. The molecule has 0 radical (unpaired) electrons. The first-order chi connectivity index (χ1) is 7.16. The predicted octanol–water partition coefficient (Wildman–Crippen LogP) is 2.08. The Balaban J connectivity index is 2.98. The summed E-state index contributed by atoms with van der Waals surface area (Å²) in [6.45, 7) is 0. The molecule has 5 heteroatoms. The molecule has 1 rings (SSSR count). The number of nitro benzene ring substituents is 1. The Morgan fingerprint density at radius 2 is 2.13 bits per heavy atom. The molecule has 0 aliphatic rings. The molecule has 1 aromatic carbocycles. The number of hydrogen-bond donors (Lipinski definition) is 0. The third kappa shape index (κ3) is 2.61. The van der Waals surface area contributed by atoms with Gasteiger partial charge < -0.3 is 0 Å². The highest BCUT2D eigenvalue weighted by molar-refractivity contribution is 5.99. The number of nitrogens with zero attached hydrogens (tertiary/aromatic N) is 2. The molecule has 76 valence electrons. The first kappa shape index (κ1) is 10.9. The van der Waals surface area contributed by atoms with E-state index in [1.165, 1.54) is 18.2 Å². The number of para-hydroxylation sites is 1. The fourth-order valence-electron chi connectivity index (χ4n) is 1.17. The quantitative estimate of drug-likeness (QED) is 0.427. The van der Waals surface area contributed by atoms with Gasteiger partial charge in [0.15, 0.2) is 5.78 Å². The SMILES string of the molecule is N#CCCC(=O)c1ccccc1[N+](=O)[O-]. The largest absolute Gasteiger partial charge is 0.294 e. The van der Waals surface area contributed by atoms with E-state index in [0.717, 1.165) is 0 Å². The monoisotopic (exact) mass is 204 g/mol. The van der Waals surface area contributed by atoms with Crippen LogP contribution in [-0.2, 0) is 0 Å². The van der Waals surface area contributed by atoms with E-state index in [4.69, 9.17) is 5.26 Å². The van der Waals surface area contributed by atoms with Crippen molar-refractivity contribution in [3.05, 3.63) is 39.9 Å². The van der Waals surface area contributed by atoms with Crippen LogP contribution in [0.5, 0.6) is 0 Å². The third-order valence-electron chi connectivity index (χ3n) is 1.87. The summed E-state index contributed by atoms with van der Waals surface area (Å²) in [5, 5.41) is 18.9. The Morgan fingerprint density at radius 1 is 1.47 bits per heavy atom. The molecule has 0 aliphatic carbocycles. The Hall–Kier alpha value is -2.22. The molecule has 0 atom stereocenters. The molecule has 0 aliphatic heterocycles. The summed E-state index contributed by atoms with van der Waals surface area (Å²) in [6, 6.07) is 7.57. The summed E-state index contributed by atoms with van der Waals surface area (Å²) in [4.78, 5) is 21.5. The molecular weight excluding hydrogens is 196 g/mol. The van der Waals surface area contributed by atoms with Crippen LogP contribution in [0.25, 0.3) is 0 Å². The summed E-state index contributed by atoms with van der Waals surface area (Å²) in [7, 11) is 0. The molecule has 0 N–H and O–H groups in total. The maximum Gasteiger partial charge on any atom is 0.280 e. The van der Waals surface area contributed by atoms with Crippen molar-refractivity contribution in [2.75, 3.05) is 0 Å². The first-order valence-corrected chi connectivity index (χ1v) is 4.30. The van der Waals surface area contributed by atoms with E-state index in [0.29, 0.717) is 0 Å². The summed E-state index contributed by atoms with van der Waals surface area (Å²) in [5.74, 6) is -0.371. The standard InChI is InChI=1S/C10H8N2O3/c11-7-3-6-10(13)8-4-1-2-5-9(8)12(14)15/h1-2,4-5H,3,6H2. The van der Waals surface area contributed by atoms with Crippen molar-refractivity contribution in [3.8, 4) is 6.07 Å². The van der Waals surface area contributed by atoms with Gasteiger partial charge in [-0.3, -0.25) is 14.9 Å². The van der Waals surface area contributed by atoms with E-state index >= 15 is 0 Å². The van der Waals surface area contributed by atoms with E-state index in [2.05, 4.69) is 0 Å². The zero-order valence-corrected chi connectivity index (χ0v) is 7.84. The lowest BCUT2D eigenvalue weighted by Gasteiger charge is -1.99. The van der Waals surface area contributed by atoms with Crippen LogP contribution in [0.4, 0.5) is 5.69 Å². The molecule has 5 nitrogen and oxygen atoms in total. The third-order valence-corrected chi connectivity index (χ3v) is 1.87. The van der Waals surface area contributed by atoms with Crippen molar-refractivity contribution in [1.29, 1.82) is 5.26 Å². The average molecular weight is 204 g/mol. The van der Waals surface area contributed by atoms with Gasteiger partial charge >= 0.3 is 0 Å². The number of nitro groups is 1. The number of rotatable bonds is 4. The van der Waals surface area contributed by atoms with Gasteiger partial charge in [-0.2, -0.15) is 5.26 Å². The van der Waals surface area contributed by atoms with E-state index < -0.39 is 4.92 Å². The van der Waals surface area contributed by atoms with Gasteiger partial charge in [0, 0.05) is 18.9 Å². The first-order valence-electron chi connectivity index (χ1n) is 4.30. The minimum atomic E-state index is -0.598. The molecule has 1 aromatic rings. The number of nitriles is 1. The van der Waals surface area contributed by atoms with Crippen LogP contribution in [0, 0.1) is 21.4 Å². The van der Waals surface area contributed by atoms with Crippen LogP contribution in [0.3, 0.4) is 0 Å². The molecule has 0 saturated carbocycles. The highest BCUT2D eigenvalue weighted by Crippen LogP contribution is 2.19. The van der Waals surface area contributed by atoms with E-state index in [9.17, 15) is 14.9 Å². The molecular formula is C10H8N2O3. The van der Waals surface area contributed by atoms with Gasteiger partial charge in [0.05, 0.1) is 16.6 Å². The number of hydrogen-bond acceptors (Lipinski definition) is 4.